The molecule has 0 radical (unpaired) electrons. The summed E-state index contributed by atoms with van der Waals surface area (Å²) in [6, 6.07) is 2.82. The Morgan fingerprint density at radius 1 is 1.05 bits per heavy atom. The number of fused-ring (bicyclic) bond motifs is 2. The summed E-state index contributed by atoms with van der Waals surface area (Å²) in [6.07, 6.45) is 11.0. The van der Waals surface area contributed by atoms with Crippen molar-refractivity contribution in [2.24, 2.45) is 11.3 Å². The number of rotatable bonds is 9. The van der Waals surface area contributed by atoms with Crippen LogP contribution in [0.15, 0.2) is 0 Å². The molecule has 0 spiro atoms. The zero-order valence-electron chi connectivity index (χ0n) is 15.0. The van der Waals surface area contributed by atoms with Gasteiger partial charge in [0.1, 0.15) is 0 Å². The summed E-state index contributed by atoms with van der Waals surface area (Å²) < 4.78 is 0. The molecule has 0 aromatic carbocycles. The van der Waals surface area contributed by atoms with Gasteiger partial charge in [0, 0.05) is 24.2 Å². The quantitative estimate of drug-likeness (QED) is 0.654. The van der Waals surface area contributed by atoms with Crippen LogP contribution in [0.2, 0.25) is 0 Å². The minimum absolute atomic E-state index is 0.592. The molecule has 2 aliphatic rings. The number of nitrogens with one attached hydrogen (secondary N) is 2. The van der Waals surface area contributed by atoms with Gasteiger partial charge >= 0.3 is 0 Å². The lowest BCUT2D eigenvalue weighted by molar-refractivity contribution is 0.157. The third-order valence-corrected chi connectivity index (χ3v) is 6.43. The third-order valence-electron chi connectivity index (χ3n) is 6.43. The minimum Gasteiger partial charge on any atom is -0.312 e. The van der Waals surface area contributed by atoms with Crippen molar-refractivity contribution in [3.63, 3.8) is 0 Å². The highest BCUT2D eigenvalue weighted by Gasteiger charge is 2.52. The SMILES string of the molecule is CCC(C)NC(CC)CC12CCC(CC1NC(C)CC)C2. The lowest BCUT2D eigenvalue weighted by Crippen LogP contribution is -2.49. The molecule has 0 aromatic rings. The predicted molar refractivity (Wildman–Crippen MR) is 92.7 cm³/mol. The third kappa shape index (κ3) is 4.01. The molecule has 0 heterocycles. The van der Waals surface area contributed by atoms with E-state index < -0.39 is 0 Å². The summed E-state index contributed by atoms with van der Waals surface area (Å²) in [4.78, 5) is 0. The van der Waals surface area contributed by atoms with Crippen LogP contribution in [0.3, 0.4) is 0 Å². The molecule has 2 nitrogen and oxygen atoms in total. The molecule has 2 N–H and O–H groups in total. The van der Waals surface area contributed by atoms with Gasteiger partial charge in [-0.05, 0) is 76.5 Å². The second kappa shape index (κ2) is 7.46. The Hall–Kier alpha value is -0.0800. The van der Waals surface area contributed by atoms with E-state index in [9.17, 15) is 0 Å². The zero-order valence-corrected chi connectivity index (χ0v) is 15.0. The van der Waals surface area contributed by atoms with Crippen LogP contribution in [-0.2, 0) is 0 Å². The van der Waals surface area contributed by atoms with Gasteiger partial charge in [-0.2, -0.15) is 0 Å². The molecular weight excluding hydrogens is 256 g/mol. The smallest absolute Gasteiger partial charge is 0.0129 e. The molecule has 2 rings (SSSR count). The van der Waals surface area contributed by atoms with Gasteiger partial charge in [-0.15, -0.1) is 0 Å². The highest BCUT2D eigenvalue weighted by molar-refractivity contribution is 5.07. The molecule has 0 aliphatic heterocycles. The summed E-state index contributed by atoms with van der Waals surface area (Å²) in [5, 5.41) is 7.85. The Bertz CT molecular complexity index is 317. The first-order valence-electron chi connectivity index (χ1n) is 9.55. The first-order valence-corrected chi connectivity index (χ1v) is 9.55. The van der Waals surface area contributed by atoms with Gasteiger partial charge in [-0.25, -0.2) is 0 Å². The molecule has 21 heavy (non-hydrogen) atoms. The van der Waals surface area contributed by atoms with Crippen LogP contribution in [0.25, 0.3) is 0 Å². The Balaban J connectivity index is 1.99. The van der Waals surface area contributed by atoms with Crippen LogP contribution in [0.4, 0.5) is 0 Å². The summed E-state index contributed by atoms with van der Waals surface area (Å²) in [5.41, 5.74) is 0.592. The maximum Gasteiger partial charge on any atom is 0.0129 e. The van der Waals surface area contributed by atoms with Gasteiger partial charge in [0.2, 0.25) is 0 Å². The van der Waals surface area contributed by atoms with E-state index in [0.29, 0.717) is 23.5 Å². The van der Waals surface area contributed by atoms with E-state index in [4.69, 9.17) is 0 Å². The lowest BCUT2D eigenvalue weighted by atomic mass is 9.74. The summed E-state index contributed by atoms with van der Waals surface area (Å²) >= 11 is 0. The number of hydrogen-bond acceptors (Lipinski definition) is 2. The standard InChI is InChI=1S/C19H38N2/c1-6-14(4)20-17(8-3)13-19-10-9-16(12-19)11-18(19)21-15(5)7-2/h14-18,20-21H,6-13H2,1-5H3. The van der Waals surface area contributed by atoms with Crippen molar-refractivity contribution < 1.29 is 0 Å². The molecule has 2 aliphatic carbocycles. The van der Waals surface area contributed by atoms with E-state index >= 15 is 0 Å². The Morgan fingerprint density at radius 2 is 1.76 bits per heavy atom. The fourth-order valence-corrected chi connectivity index (χ4v) is 4.74. The fraction of sp³-hybridized carbons (Fsp3) is 1.00. The van der Waals surface area contributed by atoms with Gasteiger partial charge in [-0.3, -0.25) is 0 Å². The van der Waals surface area contributed by atoms with E-state index in [1.807, 2.05) is 0 Å². The molecule has 0 amide bonds. The first-order chi connectivity index (χ1) is 10.0. The molecule has 124 valence electrons. The molecule has 0 aromatic heterocycles. The molecule has 6 unspecified atom stereocenters. The Kier molecular flexibility index (Phi) is 6.14. The van der Waals surface area contributed by atoms with E-state index in [1.54, 1.807) is 0 Å². The van der Waals surface area contributed by atoms with E-state index in [-0.39, 0.29) is 0 Å². The minimum atomic E-state index is 0.592. The fourth-order valence-electron chi connectivity index (χ4n) is 4.74. The van der Waals surface area contributed by atoms with Crippen molar-refractivity contribution in [1.29, 1.82) is 0 Å². The van der Waals surface area contributed by atoms with Crippen LogP contribution in [0.1, 0.15) is 86.0 Å². The normalized spacial score (nSPS) is 35.9. The monoisotopic (exact) mass is 294 g/mol. The van der Waals surface area contributed by atoms with Crippen molar-refractivity contribution in [2.75, 3.05) is 0 Å². The van der Waals surface area contributed by atoms with E-state index in [2.05, 4.69) is 45.3 Å². The van der Waals surface area contributed by atoms with Gasteiger partial charge in [0.05, 0.1) is 0 Å². The van der Waals surface area contributed by atoms with Gasteiger partial charge < -0.3 is 10.6 Å². The van der Waals surface area contributed by atoms with Crippen molar-refractivity contribution in [1.82, 2.24) is 10.6 Å². The second-order valence-corrected chi connectivity index (χ2v) is 8.02. The van der Waals surface area contributed by atoms with Crippen molar-refractivity contribution >= 4 is 0 Å². The molecule has 2 fully saturated rings. The Morgan fingerprint density at radius 3 is 2.33 bits per heavy atom. The van der Waals surface area contributed by atoms with Gasteiger partial charge in [0.15, 0.2) is 0 Å². The average molecular weight is 295 g/mol. The van der Waals surface area contributed by atoms with Crippen LogP contribution in [-0.4, -0.2) is 24.2 Å². The predicted octanol–water partition coefficient (Wildman–Crippen LogP) is 4.49. The van der Waals surface area contributed by atoms with Crippen molar-refractivity contribution in [3.8, 4) is 0 Å². The topological polar surface area (TPSA) is 24.1 Å². The van der Waals surface area contributed by atoms with Crippen LogP contribution in [0.5, 0.6) is 0 Å². The molecular formula is C19H38N2. The largest absolute Gasteiger partial charge is 0.312 e. The number of hydrogen-bond donors (Lipinski definition) is 2. The van der Waals surface area contributed by atoms with Crippen molar-refractivity contribution in [3.05, 3.63) is 0 Å². The summed E-state index contributed by atoms with van der Waals surface area (Å²) in [7, 11) is 0. The van der Waals surface area contributed by atoms with Crippen molar-refractivity contribution in [2.45, 2.75) is 110 Å². The molecule has 2 bridgehead atoms. The van der Waals surface area contributed by atoms with E-state index in [1.165, 1.54) is 51.4 Å². The van der Waals surface area contributed by atoms with Crippen LogP contribution >= 0.6 is 0 Å². The second-order valence-electron chi connectivity index (χ2n) is 8.02. The highest BCUT2D eigenvalue weighted by Crippen LogP contribution is 2.56. The highest BCUT2D eigenvalue weighted by atomic mass is 15.0. The molecule has 2 heteroatoms. The van der Waals surface area contributed by atoms with Crippen LogP contribution < -0.4 is 10.6 Å². The van der Waals surface area contributed by atoms with E-state index in [0.717, 1.165) is 12.0 Å². The lowest BCUT2D eigenvalue weighted by Gasteiger charge is -2.40. The summed E-state index contributed by atoms with van der Waals surface area (Å²) in [5.74, 6) is 1.01. The van der Waals surface area contributed by atoms with Crippen LogP contribution in [0, 0.1) is 11.3 Å². The Labute approximate surface area is 132 Å². The maximum absolute atomic E-state index is 3.97. The summed E-state index contributed by atoms with van der Waals surface area (Å²) in [6.45, 7) is 11.6. The molecule has 0 saturated heterocycles. The van der Waals surface area contributed by atoms with Gasteiger partial charge in [0.25, 0.3) is 0 Å². The zero-order chi connectivity index (χ0) is 15.5. The molecule has 2 saturated carbocycles. The first kappa shape index (κ1) is 17.3. The molecule has 6 atom stereocenters. The maximum atomic E-state index is 3.97. The average Bonchev–Trinajstić information content (AvgIpc) is 3.03. The van der Waals surface area contributed by atoms with Gasteiger partial charge in [-0.1, -0.05) is 20.8 Å².